The summed E-state index contributed by atoms with van der Waals surface area (Å²) in [6, 6.07) is 3.57. The number of benzene rings is 1. The topological polar surface area (TPSA) is 121 Å². The molecule has 0 atom stereocenters. The minimum Gasteiger partial charge on any atom is -0.426 e. The highest BCUT2D eigenvalue weighted by molar-refractivity contribution is 6.30. The molecule has 0 aliphatic rings. The minimum absolute atomic E-state index is 0.115. The van der Waals surface area contributed by atoms with Gasteiger partial charge in [0.1, 0.15) is 6.20 Å². The molecular weight excluding hydrogens is 327 g/mol. The van der Waals surface area contributed by atoms with Crippen molar-refractivity contribution in [3.05, 3.63) is 54.9 Å². The van der Waals surface area contributed by atoms with Crippen molar-refractivity contribution in [2.45, 2.75) is 0 Å². The van der Waals surface area contributed by atoms with Gasteiger partial charge in [-0.25, -0.2) is 4.98 Å². The number of nitrogens with zero attached hydrogens (tertiary/aromatic N) is 4. The molecule has 1 aromatic heterocycles. The molecule has 0 fully saturated rings. The van der Waals surface area contributed by atoms with Gasteiger partial charge in [-0.2, -0.15) is 4.98 Å². The second-order valence-corrected chi connectivity index (χ2v) is 4.33. The molecular formula is C10H4Cl2N4O5. The Morgan fingerprint density at radius 2 is 1.76 bits per heavy atom. The summed E-state index contributed by atoms with van der Waals surface area (Å²) in [5.74, 6) is -0.771. The lowest BCUT2D eigenvalue weighted by Gasteiger charge is -2.06. The summed E-state index contributed by atoms with van der Waals surface area (Å²) in [6.07, 6.45) is 0.840. The number of hydrogen-bond acceptors (Lipinski definition) is 7. The van der Waals surface area contributed by atoms with E-state index in [0.29, 0.717) is 0 Å². The van der Waals surface area contributed by atoms with E-state index in [1.165, 1.54) is 12.1 Å². The van der Waals surface area contributed by atoms with Crippen LogP contribution in [0.1, 0.15) is 0 Å². The smallest absolute Gasteiger partial charge is 0.349 e. The second kappa shape index (κ2) is 5.85. The Morgan fingerprint density at radius 1 is 1.10 bits per heavy atom. The van der Waals surface area contributed by atoms with Gasteiger partial charge in [0, 0.05) is 11.1 Å². The van der Waals surface area contributed by atoms with Crippen molar-refractivity contribution >= 4 is 34.6 Å². The molecule has 0 spiro atoms. The molecule has 0 aliphatic carbocycles. The van der Waals surface area contributed by atoms with Crippen LogP contribution in [-0.2, 0) is 0 Å². The fourth-order valence-corrected chi connectivity index (χ4v) is 1.66. The summed E-state index contributed by atoms with van der Waals surface area (Å²) in [4.78, 5) is 27.2. The molecule has 0 bridgehead atoms. The second-order valence-electron chi connectivity index (χ2n) is 3.56. The predicted molar refractivity (Wildman–Crippen MR) is 71.9 cm³/mol. The van der Waals surface area contributed by atoms with Crippen LogP contribution in [0.5, 0.6) is 11.6 Å². The van der Waals surface area contributed by atoms with Gasteiger partial charge in [0.15, 0.2) is 0 Å². The maximum atomic E-state index is 10.9. The average Bonchev–Trinajstić information content (AvgIpc) is 2.40. The van der Waals surface area contributed by atoms with Gasteiger partial charge in [0.2, 0.25) is 11.0 Å². The number of halogens is 2. The summed E-state index contributed by atoms with van der Waals surface area (Å²) in [5.41, 5.74) is -1.05. The number of ether oxygens (including phenoxy) is 1. The third-order valence-corrected chi connectivity index (χ3v) is 2.64. The van der Waals surface area contributed by atoms with Crippen molar-refractivity contribution in [1.82, 2.24) is 9.97 Å². The number of rotatable bonds is 4. The van der Waals surface area contributed by atoms with Crippen LogP contribution in [0.2, 0.25) is 10.3 Å². The first-order valence-corrected chi connectivity index (χ1v) is 5.93. The van der Waals surface area contributed by atoms with Gasteiger partial charge in [-0.15, -0.1) is 0 Å². The van der Waals surface area contributed by atoms with E-state index in [9.17, 15) is 20.2 Å². The van der Waals surface area contributed by atoms with Gasteiger partial charge in [0.25, 0.3) is 0 Å². The Balaban J connectivity index is 2.50. The molecule has 1 aromatic carbocycles. The fourth-order valence-electron chi connectivity index (χ4n) is 1.36. The van der Waals surface area contributed by atoms with Crippen molar-refractivity contribution in [2.75, 3.05) is 0 Å². The van der Waals surface area contributed by atoms with Crippen LogP contribution in [0.4, 0.5) is 11.4 Å². The zero-order valence-corrected chi connectivity index (χ0v) is 11.4. The van der Waals surface area contributed by atoms with E-state index in [1.807, 2.05) is 0 Å². The van der Waals surface area contributed by atoms with Crippen LogP contribution in [0.3, 0.4) is 0 Å². The van der Waals surface area contributed by atoms with Crippen LogP contribution in [0, 0.1) is 20.2 Å². The molecule has 2 aromatic rings. The molecule has 0 saturated carbocycles. The van der Waals surface area contributed by atoms with Crippen LogP contribution in [0.25, 0.3) is 0 Å². The maximum absolute atomic E-state index is 10.9. The molecule has 0 unspecified atom stereocenters. The van der Waals surface area contributed by atoms with E-state index in [0.717, 1.165) is 12.3 Å². The standard InChI is InChI=1S/C10H4Cl2N4O5/c11-5-1-2-8(6(3-5)15(17)18)21-9-7(16(19)20)4-13-10(12)14-9/h1-4H. The van der Waals surface area contributed by atoms with Gasteiger partial charge in [0.05, 0.1) is 9.85 Å². The van der Waals surface area contributed by atoms with E-state index in [-0.39, 0.29) is 16.1 Å². The molecule has 108 valence electrons. The first kappa shape index (κ1) is 14.9. The molecule has 0 saturated heterocycles. The lowest BCUT2D eigenvalue weighted by molar-refractivity contribution is -0.387. The highest BCUT2D eigenvalue weighted by Gasteiger charge is 2.23. The molecule has 2 rings (SSSR count). The van der Waals surface area contributed by atoms with E-state index in [4.69, 9.17) is 27.9 Å². The zero-order valence-electron chi connectivity index (χ0n) is 9.90. The van der Waals surface area contributed by atoms with Crippen molar-refractivity contribution in [2.24, 2.45) is 0 Å². The highest BCUT2D eigenvalue weighted by Crippen LogP contribution is 2.36. The molecule has 0 aliphatic heterocycles. The first-order valence-electron chi connectivity index (χ1n) is 5.17. The number of hydrogen-bond donors (Lipinski definition) is 0. The molecule has 1 heterocycles. The van der Waals surface area contributed by atoms with Crippen molar-refractivity contribution in [3.63, 3.8) is 0 Å². The van der Waals surface area contributed by atoms with Crippen molar-refractivity contribution in [3.8, 4) is 11.6 Å². The van der Waals surface area contributed by atoms with Crippen LogP contribution in [-0.4, -0.2) is 19.8 Å². The van der Waals surface area contributed by atoms with Crippen molar-refractivity contribution < 1.29 is 14.6 Å². The van der Waals surface area contributed by atoms with Gasteiger partial charge in [-0.3, -0.25) is 20.2 Å². The van der Waals surface area contributed by atoms with E-state index >= 15 is 0 Å². The summed E-state index contributed by atoms with van der Waals surface area (Å²) in [5, 5.41) is 21.6. The molecule has 0 radical (unpaired) electrons. The summed E-state index contributed by atoms with van der Waals surface area (Å²) >= 11 is 11.2. The van der Waals surface area contributed by atoms with E-state index < -0.39 is 27.1 Å². The molecule has 9 nitrogen and oxygen atoms in total. The van der Waals surface area contributed by atoms with Gasteiger partial charge >= 0.3 is 17.3 Å². The number of nitro benzene ring substituents is 1. The Kier molecular flexibility index (Phi) is 4.15. The monoisotopic (exact) mass is 330 g/mol. The quantitative estimate of drug-likeness (QED) is 0.478. The normalized spacial score (nSPS) is 10.2. The largest absolute Gasteiger partial charge is 0.426 e. The molecule has 21 heavy (non-hydrogen) atoms. The Bertz CT molecular complexity index is 739. The third kappa shape index (κ3) is 3.33. The van der Waals surface area contributed by atoms with Crippen LogP contribution < -0.4 is 4.74 Å². The minimum atomic E-state index is -0.798. The molecule has 0 amide bonds. The lowest BCUT2D eigenvalue weighted by Crippen LogP contribution is -1.99. The summed E-state index contributed by atoms with van der Waals surface area (Å²) in [7, 11) is 0. The summed E-state index contributed by atoms with van der Waals surface area (Å²) < 4.78 is 5.12. The lowest BCUT2D eigenvalue weighted by atomic mass is 10.3. The third-order valence-electron chi connectivity index (χ3n) is 2.23. The van der Waals surface area contributed by atoms with Gasteiger partial charge < -0.3 is 4.74 Å². The highest BCUT2D eigenvalue weighted by atomic mass is 35.5. The first-order chi connectivity index (χ1) is 9.88. The SMILES string of the molecule is O=[N+]([O-])c1cc(Cl)ccc1Oc1nc(Cl)ncc1[N+](=O)[O-]. The van der Waals surface area contributed by atoms with E-state index in [2.05, 4.69) is 9.97 Å². The van der Waals surface area contributed by atoms with Crippen molar-refractivity contribution in [1.29, 1.82) is 0 Å². The van der Waals surface area contributed by atoms with Gasteiger partial charge in [-0.05, 0) is 23.7 Å². The zero-order chi connectivity index (χ0) is 15.6. The fraction of sp³-hybridized carbons (Fsp3) is 0. The number of aromatic nitrogens is 2. The van der Waals surface area contributed by atoms with Gasteiger partial charge in [-0.1, -0.05) is 11.6 Å². The Labute approximate surface area is 126 Å². The Morgan fingerprint density at radius 3 is 2.38 bits per heavy atom. The molecule has 11 heteroatoms. The predicted octanol–water partition coefficient (Wildman–Crippen LogP) is 3.39. The average molecular weight is 331 g/mol. The Hall–Kier alpha value is -2.52. The van der Waals surface area contributed by atoms with Crippen LogP contribution >= 0.6 is 23.2 Å². The summed E-state index contributed by atoms with van der Waals surface area (Å²) in [6.45, 7) is 0. The number of nitro groups is 2. The molecule has 0 N–H and O–H groups in total. The van der Waals surface area contributed by atoms with Crippen LogP contribution in [0.15, 0.2) is 24.4 Å². The maximum Gasteiger partial charge on any atom is 0.349 e. The van der Waals surface area contributed by atoms with E-state index in [1.54, 1.807) is 0 Å².